The molecule has 2 heterocycles. The summed E-state index contributed by atoms with van der Waals surface area (Å²) in [7, 11) is 0. The fourth-order valence-electron chi connectivity index (χ4n) is 1.53. The molecule has 10 heteroatoms. The van der Waals surface area contributed by atoms with Gasteiger partial charge in [0, 0.05) is 12.3 Å². The molecule has 18 heavy (non-hydrogen) atoms. The van der Waals surface area contributed by atoms with Gasteiger partial charge in [-0.2, -0.15) is 14.8 Å². The van der Waals surface area contributed by atoms with Crippen LogP contribution < -0.4 is 22.1 Å². The van der Waals surface area contributed by atoms with Crippen molar-refractivity contribution >= 4 is 5.82 Å². The average molecular weight is 259 g/mol. The lowest BCUT2D eigenvalue weighted by Crippen LogP contribution is -2.47. The number of nitrogens with two attached hydrogens (primary N) is 1. The molecule has 1 aromatic heterocycles. The van der Waals surface area contributed by atoms with E-state index in [-0.39, 0.29) is 5.82 Å². The van der Waals surface area contributed by atoms with Crippen LogP contribution >= 0.6 is 0 Å². The maximum absolute atomic E-state index is 11.6. The molecule has 3 atom stereocenters. The van der Waals surface area contributed by atoms with Crippen LogP contribution in [-0.4, -0.2) is 50.0 Å². The van der Waals surface area contributed by atoms with Crippen molar-refractivity contribution in [2.45, 2.75) is 18.4 Å². The number of nitrogen functional groups attached to an aromatic ring is 1. The maximum Gasteiger partial charge on any atom is 0.370 e. The predicted molar refractivity (Wildman–Crippen MR) is 58.5 cm³/mol. The topological polar surface area (TPSA) is 146 Å². The average Bonchev–Trinajstić information content (AvgIpc) is 2.66. The number of nitrogens with zero attached hydrogens (tertiary/aromatic N) is 3. The standard InChI is InChI=1S/C8H13N5O5/c9-11-5-1-2-12(8(17)10-5)13-7(16)6(15)4(3-14)18-13/h1-2,4,6-7,14-16H,3,9H2,(H,10,11,17)/t4-,6-,7-/m1/s1. The Morgan fingerprint density at radius 1 is 1.56 bits per heavy atom. The quantitative estimate of drug-likeness (QED) is 0.275. The SMILES string of the molecule is NNc1ccn(N2O[C@H](CO)[C@@H](O)[C@H]2O)c(=O)n1. The van der Waals surface area contributed by atoms with E-state index in [1.54, 1.807) is 0 Å². The number of aromatic nitrogens is 2. The molecule has 1 aliphatic rings. The number of hydroxylamine groups is 1. The van der Waals surface area contributed by atoms with E-state index in [0.717, 1.165) is 9.85 Å². The Balaban J connectivity index is 2.30. The van der Waals surface area contributed by atoms with Crippen LogP contribution in [0.1, 0.15) is 0 Å². The highest BCUT2D eigenvalue weighted by Crippen LogP contribution is 2.17. The largest absolute Gasteiger partial charge is 0.393 e. The van der Waals surface area contributed by atoms with Crippen LogP contribution in [0.3, 0.4) is 0 Å². The fraction of sp³-hybridized carbons (Fsp3) is 0.500. The molecule has 6 N–H and O–H groups in total. The zero-order valence-corrected chi connectivity index (χ0v) is 9.17. The number of aliphatic hydroxyl groups excluding tert-OH is 3. The summed E-state index contributed by atoms with van der Waals surface area (Å²) in [5.41, 5.74) is 1.42. The molecular weight excluding hydrogens is 246 g/mol. The van der Waals surface area contributed by atoms with Gasteiger partial charge in [0.1, 0.15) is 18.0 Å². The maximum atomic E-state index is 11.6. The van der Waals surface area contributed by atoms with Crippen molar-refractivity contribution in [3.8, 4) is 0 Å². The molecule has 10 nitrogen and oxygen atoms in total. The van der Waals surface area contributed by atoms with Crippen LogP contribution in [0, 0.1) is 0 Å². The molecule has 100 valence electrons. The van der Waals surface area contributed by atoms with Crippen molar-refractivity contribution in [2.75, 3.05) is 17.2 Å². The number of hydrogen-bond donors (Lipinski definition) is 5. The minimum absolute atomic E-state index is 0.143. The molecule has 0 aromatic carbocycles. The number of hydrazine groups is 1. The van der Waals surface area contributed by atoms with Crippen LogP contribution in [0.15, 0.2) is 17.1 Å². The highest BCUT2D eigenvalue weighted by Gasteiger charge is 2.42. The molecule has 1 aromatic rings. The summed E-state index contributed by atoms with van der Waals surface area (Å²) in [6.45, 7) is -0.501. The van der Waals surface area contributed by atoms with Gasteiger partial charge in [-0.25, -0.2) is 15.5 Å². The molecule has 1 fully saturated rings. The van der Waals surface area contributed by atoms with Crippen molar-refractivity contribution in [2.24, 2.45) is 5.84 Å². The molecule has 0 unspecified atom stereocenters. The third-order valence-corrected chi connectivity index (χ3v) is 2.48. The highest BCUT2D eigenvalue weighted by atomic mass is 16.8. The van der Waals surface area contributed by atoms with Gasteiger partial charge in [0.05, 0.1) is 6.61 Å². The van der Waals surface area contributed by atoms with Crippen molar-refractivity contribution in [1.82, 2.24) is 9.66 Å². The molecule has 0 aliphatic carbocycles. The van der Waals surface area contributed by atoms with E-state index in [4.69, 9.17) is 15.8 Å². The van der Waals surface area contributed by atoms with Crippen molar-refractivity contribution in [3.63, 3.8) is 0 Å². The lowest BCUT2D eigenvalue weighted by Gasteiger charge is -2.21. The number of hydrogen-bond acceptors (Lipinski definition) is 9. The van der Waals surface area contributed by atoms with Crippen LogP contribution in [0.25, 0.3) is 0 Å². The Morgan fingerprint density at radius 3 is 2.78 bits per heavy atom. The van der Waals surface area contributed by atoms with Gasteiger partial charge in [-0.3, -0.25) is 0 Å². The van der Waals surface area contributed by atoms with Gasteiger partial charge in [-0.15, -0.1) is 0 Å². The summed E-state index contributed by atoms with van der Waals surface area (Å²) in [6, 6.07) is 1.37. The molecular formula is C8H13N5O5. The molecule has 0 spiro atoms. The smallest absolute Gasteiger partial charge is 0.370 e. The van der Waals surface area contributed by atoms with E-state index in [1.165, 1.54) is 12.3 Å². The third-order valence-electron chi connectivity index (χ3n) is 2.48. The van der Waals surface area contributed by atoms with Crippen LogP contribution in [0.5, 0.6) is 0 Å². The first-order valence-electron chi connectivity index (χ1n) is 5.08. The van der Waals surface area contributed by atoms with Gasteiger partial charge in [-0.1, -0.05) is 0 Å². The van der Waals surface area contributed by atoms with Crippen molar-refractivity contribution in [1.29, 1.82) is 0 Å². The second kappa shape index (κ2) is 4.88. The molecule has 0 amide bonds. The zero-order chi connectivity index (χ0) is 13.3. The number of aliphatic hydroxyl groups is 3. The number of anilines is 1. The second-order valence-electron chi connectivity index (χ2n) is 3.62. The number of rotatable bonds is 3. The predicted octanol–water partition coefficient (Wildman–Crippen LogP) is -3.55. The van der Waals surface area contributed by atoms with Crippen molar-refractivity contribution in [3.05, 3.63) is 22.7 Å². The molecule has 2 rings (SSSR count). The minimum Gasteiger partial charge on any atom is -0.393 e. The molecule has 1 saturated heterocycles. The highest BCUT2D eigenvalue weighted by molar-refractivity contribution is 5.29. The summed E-state index contributed by atoms with van der Waals surface area (Å²) in [6.07, 6.45) is -2.59. The van der Waals surface area contributed by atoms with E-state index in [9.17, 15) is 15.0 Å². The summed E-state index contributed by atoms with van der Waals surface area (Å²) in [4.78, 5) is 20.2. The summed E-state index contributed by atoms with van der Waals surface area (Å²) in [5.74, 6) is 5.23. The van der Waals surface area contributed by atoms with E-state index in [2.05, 4.69) is 10.4 Å². The van der Waals surface area contributed by atoms with E-state index in [0.29, 0.717) is 0 Å². The van der Waals surface area contributed by atoms with Gasteiger partial charge in [0.15, 0.2) is 6.23 Å². The Kier molecular flexibility index (Phi) is 3.45. The molecule has 1 aliphatic heterocycles. The first kappa shape index (κ1) is 12.7. The Labute approximate surface area is 101 Å². The van der Waals surface area contributed by atoms with Crippen LogP contribution in [0.4, 0.5) is 5.82 Å². The summed E-state index contributed by atoms with van der Waals surface area (Å²) >= 11 is 0. The monoisotopic (exact) mass is 259 g/mol. The minimum atomic E-state index is -1.49. The summed E-state index contributed by atoms with van der Waals surface area (Å²) < 4.78 is 0.852. The Hall–Kier alpha value is -1.72. The van der Waals surface area contributed by atoms with Gasteiger partial charge >= 0.3 is 5.69 Å². The first-order valence-corrected chi connectivity index (χ1v) is 5.08. The second-order valence-corrected chi connectivity index (χ2v) is 3.62. The van der Waals surface area contributed by atoms with Gasteiger partial charge in [0.2, 0.25) is 0 Å². The van der Waals surface area contributed by atoms with Gasteiger partial charge in [-0.05, 0) is 0 Å². The Bertz CT molecular complexity index is 479. The normalized spacial score (nSPS) is 27.6. The zero-order valence-electron chi connectivity index (χ0n) is 9.17. The van der Waals surface area contributed by atoms with Crippen LogP contribution in [0.2, 0.25) is 0 Å². The fourth-order valence-corrected chi connectivity index (χ4v) is 1.53. The lowest BCUT2D eigenvalue weighted by atomic mass is 10.2. The van der Waals surface area contributed by atoms with E-state index in [1.807, 2.05) is 0 Å². The van der Waals surface area contributed by atoms with E-state index < -0.39 is 30.7 Å². The Morgan fingerprint density at radius 2 is 2.28 bits per heavy atom. The molecule has 0 radical (unpaired) electrons. The summed E-state index contributed by atoms with van der Waals surface area (Å²) in [5, 5.41) is 28.9. The lowest BCUT2D eigenvalue weighted by molar-refractivity contribution is -0.0235. The van der Waals surface area contributed by atoms with Gasteiger partial charge in [0.25, 0.3) is 0 Å². The van der Waals surface area contributed by atoms with E-state index >= 15 is 0 Å². The van der Waals surface area contributed by atoms with Crippen LogP contribution in [-0.2, 0) is 4.84 Å². The molecule has 0 bridgehead atoms. The van der Waals surface area contributed by atoms with Crippen molar-refractivity contribution < 1.29 is 20.2 Å². The van der Waals surface area contributed by atoms with Gasteiger partial charge < -0.3 is 20.7 Å². The first-order chi connectivity index (χ1) is 8.58. The number of nitrogens with one attached hydrogen (secondary N) is 1. The molecule has 0 saturated carbocycles. The third kappa shape index (κ3) is 2.02.